The largest absolute Gasteiger partial charge is 0.492 e. The molecule has 0 heterocycles. The highest BCUT2D eigenvalue weighted by Crippen LogP contribution is 2.36. The van der Waals surface area contributed by atoms with Crippen LogP contribution in [0.1, 0.15) is 19.8 Å². The van der Waals surface area contributed by atoms with Gasteiger partial charge in [0.05, 0.1) is 17.2 Å². The van der Waals surface area contributed by atoms with Gasteiger partial charge in [-0.05, 0) is 38.0 Å². The van der Waals surface area contributed by atoms with Gasteiger partial charge in [0.2, 0.25) is 5.91 Å². The zero-order chi connectivity index (χ0) is 13.3. The smallest absolute Gasteiger partial charge is 0.246 e. The average molecular weight is 269 g/mol. The number of likely N-dealkylation sites (N-methyl/N-ethyl adjacent to an activating group) is 1. The highest BCUT2D eigenvalue weighted by molar-refractivity contribution is 6.32. The number of nitrogens with zero attached hydrogens (tertiary/aromatic N) is 1. The van der Waals surface area contributed by atoms with Crippen molar-refractivity contribution in [3.63, 3.8) is 0 Å². The Bertz CT molecular complexity index is 472. The standard InChI is InChI=1S/C13H17ClN2O2/c1-3-18-11-5-4-9(8-10(11)14)16(2)12(17)13(15)6-7-13/h4-5,8H,3,6-7,15H2,1-2H3. The summed E-state index contributed by atoms with van der Waals surface area (Å²) in [6.07, 6.45) is 1.50. The molecule has 0 spiro atoms. The first kappa shape index (κ1) is 13.2. The Balaban J connectivity index is 2.18. The maximum Gasteiger partial charge on any atom is 0.246 e. The van der Waals surface area contributed by atoms with E-state index in [1.165, 1.54) is 0 Å². The van der Waals surface area contributed by atoms with Crippen molar-refractivity contribution in [1.82, 2.24) is 0 Å². The van der Waals surface area contributed by atoms with Crippen molar-refractivity contribution in [2.75, 3.05) is 18.6 Å². The van der Waals surface area contributed by atoms with E-state index >= 15 is 0 Å². The van der Waals surface area contributed by atoms with Gasteiger partial charge < -0.3 is 15.4 Å². The summed E-state index contributed by atoms with van der Waals surface area (Å²) in [5.74, 6) is 0.556. The summed E-state index contributed by atoms with van der Waals surface area (Å²) < 4.78 is 5.35. The van der Waals surface area contributed by atoms with Crippen molar-refractivity contribution < 1.29 is 9.53 Å². The summed E-state index contributed by atoms with van der Waals surface area (Å²) in [4.78, 5) is 13.6. The normalized spacial score (nSPS) is 16.2. The van der Waals surface area contributed by atoms with E-state index in [0.717, 1.165) is 18.5 Å². The summed E-state index contributed by atoms with van der Waals surface area (Å²) in [7, 11) is 1.71. The van der Waals surface area contributed by atoms with Gasteiger partial charge in [-0.25, -0.2) is 0 Å². The summed E-state index contributed by atoms with van der Waals surface area (Å²) in [6, 6.07) is 5.29. The molecule has 18 heavy (non-hydrogen) atoms. The second kappa shape index (κ2) is 4.78. The van der Waals surface area contributed by atoms with Crippen LogP contribution < -0.4 is 15.4 Å². The highest BCUT2D eigenvalue weighted by Gasteiger charge is 2.47. The molecule has 0 aromatic heterocycles. The van der Waals surface area contributed by atoms with Gasteiger partial charge in [-0.3, -0.25) is 4.79 Å². The van der Waals surface area contributed by atoms with Crippen LogP contribution in [0.4, 0.5) is 5.69 Å². The Morgan fingerprint density at radius 2 is 2.22 bits per heavy atom. The fourth-order valence-corrected chi connectivity index (χ4v) is 2.00. The summed E-state index contributed by atoms with van der Waals surface area (Å²) in [6.45, 7) is 2.45. The first-order chi connectivity index (χ1) is 8.48. The first-order valence-corrected chi connectivity index (χ1v) is 6.35. The number of hydrogen-bond donors (Lipinski definition) is 1. The molecule has 1 aromatic rings. The van der Waals surface area contributed by atoms with Gasteiger partial charge in [0.1, 0.15) is 5.75 Å². The number of rotatable bonds is 4. The van der Waals surface area contributed by atoms with Gasteiger partial charge in [-0.2, -0.15) is 0 Å². The summed E-state index contributed by atoms with van der Waals surface area (Å²) in [5.41, 5.74) is 5.96. The van der Waals surface area contributed by atoms with Crippen LogP contribution in [0, 0.1) is 0 Å². The Morgan fingerprint density at radius 1 is 1.56 bits per heavy atom. The maximum absolute atomic E-state index is 12.1. The average Bonchev–Trinajstić information content (AvgIpc) is 3.09. The van der Waals surface area contributed by atoms with Gasteiger partial charge in [-0.1, -0.05) is 11.6 Å². The molecule has 1 aromatic carbocycles. The second-order valence-corrected chi connectivity index (χ2v) is 4.98. The molecule has 0 bridgehead atoms. The second-order valence-electron chi connectivity index (χ2n) is 4.57. The minimum Gasteiger partial charge on any atom is -0.492 e. The molecule has 0 saturated heterocycles. The lowest BCUT2D eigenvalue weighted by atomic mass is 10.2. The third-order valence-electron chi connectivity index (χ3n) is 3.12. The van der Waals surface area contributed by atoms with Crippen LogP contribution in [-0.2, 0) is 4.79 Å². The van der Waals surface area contributed by atoms with Crippen molar-refractivity contribution in [3.05, 3.63) is 23.2 Å². The molecular weight excluding hydrogens is 252 g/mol. The number of benzene rings is 1. The first-order valence-electron chi connectivity index (χ1n) is 5.97. The Hall–Kier alpha value is -1.26. The van der Waals surface area contributed by atoms with Gasteiger partial charge in [0.15, 0.2) is 0 Å². The van der Waals surface area contributed by atoms with Crippen LogP contribution in [-0.4, -0.2) is 25.1 Å². The zero-order valence-corrected chi connectivity index (χ0v) is 11.3. The predicted octanol–water partition coefficient (Wildman–Crippen LogP) is 2.19. The number of amides is 1. The molecule has 0 atom stereocenters. The topological polar surface area (TPSA) is 55.6 Å². The molecule has 1 aliphatic carbocycles. The molecule has 98 valence electrons. The molecule has 1 fully saturated rings. The monoisotopic (exact) mass is 268 g/mol. The molecule has 5 heteroatoms. The van der Waals surface area contributed by atoms with E-state index in [4.69, 9.17) is 22.1 Å². The Labute approximate surface area is 112 Å². The van der Waals surface area contributed by atoms with Crippen molar-refractivity contribution in [1.29, 1.82) is 0 Å². The molecular formula is C13H17ClN2O2. The highest BCUT2D eigenvalue weighted by atomic mass is 35.5. The number of ether oxygens (including phenoxy) is 1. The van der Waals surface area contributed by atoms with Crippen molar-refractivity contribution in [2.24, 2.45) is 5.73 Å². The minimum atomic E-state index is -0.667. The van der Waals surface area contributed by atoms with Crippen molar-refractivity contribution in [3.8, 4) is 5.75 Å². The van der Waals surface area contributed by atoms with Crippen LogP contribution in [0.25, 0.3) is 0 Å². The molecule has 1 aliphatic rings. The van der Waals surface area contributed by atoms with Gasteiger partial charge in [0, 0.05) is 12.7 Å². The van der Waals surface area contributed by atoms with E-state index < -0.39 is 5.54 Å². The van der Waals surface area contributed by atoms with Gasteiger partial charge in [-0.15, -0.1) is 0 Å². The molecule has 1 saturated carbocycles. The molecule has 0 unspecified atom stereocenters. The number of halogens is 1. The third-order valence-corrected chi connectivity index (χ3v) is 3.42. The Morgan fingerprint density at radius 3 is 2.72 bits per heavy atom. The minimum absolute atomic E-state index is 0.0669. The van der Waals surface area contributed by atoms with Crippen LogP contribution in [0.15, 0.2) is 18.2 Å². The molecule has 0 radical (unpaired) electrons. The third kappa shape index (κ3) is 2.44. The fourth-order valence-electron chi connectivity index (χ4n) is 1.77. The summed E-state index contributed by atoms with van der Waals surface area (Å²) in [5, 5.41) is 0.496. The number of carbonyl (C=O) groups excluding carboxylic acids is 1. The van der Waals surface area contributed by atoms with E-state index in [1.807, 2.05) is 6.92 Å². The van der Waals surface area contributed by atoms with Crippen molar-refractivity contribution in [2.45, 2.75) is 25.3 Å². The van der Waals surface area contributed by atoms with Crippen molar-refractivity contribution >= 4 is 23.2 Å². The predicted molar refractivity (Wildman–Crippen MR) is 72.2 cm³/mol. The van der Waals surface area contributed by atoms with E-state index in [1.54, 1.807) is 30.1 Å². The van der Waals surface area contributed by atoms with E-state index in [9.17, 15) is 4.79 Å². The van der Waals surface area contributed by atoms with Crippen LogP contribution >= 0.6 is 11.6 Å². The number of nitrogens with two attached hydrogens (primary N) is 1. The lowest BCUT2D eigenvalue weighted by Gasteiger charge is -2.21. The molecule has 2 rings (SSSR count). The van der Waals surface area contributed by atoms with E-state index in [2.05, 4.69) is 0 Å². The quantitative estimate of drug-likeness (QED) is 0.911. The SMILES string of the molecule is CCOc1ccc(N(C)C(=O)C2(N)CC2)cc1Cl. The Kier molecular flexibility index (Phi) is 3.50. The molecule has 4 nitrogen and oxygen atoms in total. The molecule has 0 aliphatic heterocycles. The number of hydrogen-bond acceptors (Lipinski definition) is 3. The van der Waals surface area contributed by atoms with Crippen LogP contribution in [0.2, 0.25) is 5.02 Å². The van der Waals surface area contributed by atoms with Gasteiger partial charge in [0.25, 0.3) is 0 Å². The molecule has 2 N–H and O–H groups in total. The lowest BCUT2D eigenvalue weighted by molar-refractivity contribution is -0.120. The van der Waals surface area contributed by atoms with Crippen LogP contribution in [0.3, 0.4) is 0 Å². The number of anilines is 1. The summed E-state index contributed by atoms with van der Waals surface area (Å²) >= 11 is 6.09. The fraction of sp³-hybridized carbons (Fsp3) is 0.462. The van der Waals surface area contributed by atoms with Crippen LogP contribution in [0.5, 0.6) is 5.75 Å². The van der Waals surface area contributed by atoms with E-state index in [0.29, 0.717) is 17.4 Å². The van der Waals surface area contributed by atoms with Gasteiger partial charge >= 0.3 is 0 Å². The zero-order valence-electron chi connectivity index (χ0n) is 10.6. The number of carbonyl (C=O) groups is 1. The lowest BCUT2D eigenvalue weighted by Crippen LogP contribution is -2.43. The van der Waals surface area contributed by atoms with E-state index in [-0.39, 0.29) is 5.91 Å². The maximum atomic E-state index is 12.1. The molecule has 1 amide bonds.